The lowest BCUT2D eigenvalue weighted by Gasteiger charge is -2.32. The standard InChI is InChI=1S/C21H21ClN2O/c22-19-4-1-15(2-5-19)13-16-8-11-24(12-9-16)21(25)18-3-6-20-17(14-18)7-10-23-20/h1-7,10,14,16,23H,8-9,11-13H2. The van der Waals surface area contributed by atoms with E-state index in [1.807, 2.05) is 47.5 Å². The summed E-state index contributed by atoms with van der Waals surface area (Å²) in [6.45, 7) is 1.67. The molecule has 3 aromatic rings. The van der Waals surface area contributed by atoms with E-state index in [0.29, 0.717) is 5.92 Å². The molecular formula is C21H21ClN2O. The molecule has 0 bridgehead atoms. The number of piperidine rings is 1. The lowest BCUT2D eigenvalue weighted by Crippen LogP contribution is -2.38. The van der Waals surface area contributed by atoms with Crippen LogP contribution in [0.15, 0.2) is 54.7 Å². The topological polar surface area (TPSA) is 36.1 Å². The van der Waals surface area contributed by atoms with Gasteiger partial charge in [0.2, 0.25) is 0 Å². The SMILES string of the molecule is O=C(c1ccc2[nH]ccc2c1)N1CCC(Cc2ccc(Cl)cc2)CC1. The first-order valence-corrected chi connectivity index (χ1v) is 9.18. The predicted octanol–water partition coefficient (Wildman–Crippen LogP) is 4.92. The lowest BCUT2D eigenvalue weighted by atomic mass is 9.90. The zero-order valence-corrected chi connectivity index (χ0v) is 14.8. The number of aromatic amines is 1. The predicted molar refractivity (Wildman–Crippen MR) is 102 cm³/mol. The van der Waals surface area contributed by atoms with Crippen LogP contribution in [-0.2, 0) is 6.42 Å². The molecule has 0 aliphatic carbocycles. The van der Waals surface area contributed by atoms with E-state index in [1.54, 1.807) is 0 Å². The Morgan fingerprint density at radius 1 is 1.08 bits per heavy atom. The highest BCUT2D eigenvalue weighted by molar-refractivity contribution is 6.30. The normalized spacial score (nSPS) is 15.6. The quantitative estimate of drug-likeness (QED) is 0.713. The van der Waals surface area contributed by atoms with Gasteiger partial charge in [-0.2, -0.15) is 0 Å². The largest absolute Gasteiger partial charge is 0.361 e. The number of nitrogens with one attached hydrogen (secondary N) is 1. The van der Waals surface area contributed by atoms with Crippen LogP contribution in [0.3, 0.4) is 0 Å². The van der Waals surface area contributed by atoms with E-state index < -0.39 is 0 Å². The number of nitrogens with zero attached hydrogens (tertiary/aromatic N) is 1. The van der Waals surface area contributed by atoms with E-state index in [-0.39, 0.29) is 5.91 Å². The number of likely N-dealkylation sites (tertiary alicyclic amines) is 1. The summed E-state index contributed by atoms with van der Waals surface area (Å²) in [5, 5.41) is 1.87. The maximum Gasteiger partial charge on any atom is 0.253 e. The summed E-state index contributed by atoms with van der Waals surface area (Å²) in [6.07, 6.45) is 5.08. The molecule has 1 aromatic heterocycles. The third kappa shape index (κ3) is 3.57. The molecule has 1 fully saturated rings. The maximum absolute atomic E-state index is 12.8. The molecule has 1 amide bonds. The molecule has 0 radical (unpaired) electrons. The van der Waals surface area contributed by atoms with E-state index in [1.165, 1.54) is 5.56 Å². The number of H-pyrrole nitrogens is 1. The van der Waals surface area contributed by atoms with E-state index in [9.17, 15) is 4.79 Å². The molecular weight excluding hydrogens is 332 g/mol. The van der Waals surface area contributed by atoms with Gasteiger partial charge in [0.25, 0.3) is 5.91 Å². The van der Waals surface area contributed by atoms with Crippen molar-refractivity contribution < 1.29 is 4.79 Å². The van der Waals surface area contributed by atoms with Crippen LogP contribution in [0.2, 0.25) is 5.02 Å². The van der Waals surface area contributed by atoms with Crippen LogP contribution in [-0.4, -0.2) is 28.9 Å². The van der Waals surface area contributed by atoms with Gasteiger partial charge in [0.05, 0.1) is 0 Å². The highest BCUT2D eigenvalue weighted by Gasteiger charge is 2.24. The second kappa shape index (κ2) is 6.93. The number of aromatic nitrogens is 1. The highest BCUT2D eigenvalue weighted by atomic mass is 35.5. The van der Waals surface area contributed by atoms with Crippen LogP contribution < -0.4 is 0 Å². The summed E-state index contributed by atoms with van der Waals surface area (Å²) in [4.78, 5) is 17.9. The average Bonchev–Trinajstić information content (AvgIpc) is 3.11. The molecule has 1 saturated heterocycles. The fourth-order valence-electron chi connectivity index (χ4n) is 3.66. The van der Waals surface area contributed by atoms with Gasteiger partial charge in [-0.3, -0.25) is 4.79 Å². The Morgan fingerprint density at radius 2 is 1.84 bits per heavy atom. The molecule has 0 unspecified atom stereocenters. The zero-order chi connectivity index (χ0) is 17.2. The van der Waals surface area contributed by atoms with Gasteiger partial charge < -0.3 is 9.88 Å². The Balaban J connectivity index is 1.37. The van der Waals surface area contributed by atoms with Crippen molar-refractivity contribution in [2.45, 2.75) is 19.3 Å². The van der Waals surface area contributed by atoms with E-state index in [2.05, 4.69) is 17.1 Å². The number of carbonyl (C=O) groups excluding carboxylic acids is 1. The second-order valence-corrected chi connectivity index (χ2v) is 7.28. The van der Waals surface area contributed by atoms with Gasteiger partial charge in [-0.1, -0.05) is 23.7 Å². The number of hydrogen-bond donors (Lipinski definition) is 1. The summed E-state index contributed by atoms with van der Waals surface area (Å²) < 4.78 is 0. The molecule has 0 atom stereocenters. The number of fused-ring (bicyclic) bond motifs is 1. The molecule has 128 valence electrons. The van der Waals surface area contributed by atoms with Crippen molar-refractivity contribution in [3.05, 3.63) is 70.9 Å². The number of amides is 1. The Labute approximate surface area is 152 Å². The van der Waals surface area contributed by atoms with Gasteiger partial charge in [-0.05, 0) is 67.1 Å². The van der Waals surface area contributed by atoms with Crippen molar-refractivity contribution in [3.63, 3.8) is 0 Å². The second-order valence-electron chi connectivity index (χ2n) is 6.85. The van der Waals surface area contributed by atoms with Crippen LogP contribution >= 0.6 is 11.6 Å². The fourth-order valence-corrected chi connectivity index (χ4v) is 3.79. The van der Waals surface area contributed by atoms with Crippen molar-refractivity contribution in [1.29, 1.82) is 0 Å². The zero-order valence-electron chi connectivity index (χ0n) is 14.0. The third-order valence-electron chi connectivity index (χ3n) is 5.14. The Hall–Kier alpha value is -2.26. The number of benzene rings is 2. The highest BCUT2D eigenvalue weighted by Crippen LogP contribution is 2.24. The molecule has 4 rings (SSSR count). The van der Waals surface area contributed by atoms with Gasteiger partial charge in [0, 0.05) is 40.8 Å². The molecule has 4 heteroatoms. The van der Waals surface area contributed by atoms with Crippen molar-refractivity contribution in [2.24, 2.45) is 5.92 Å². The van der Waals surface area contributed by atoms with Crippen LogP contribution in [0.4, 0.5) is 0 Å². The fraction of sp³-hybridized carbons (Fsp3) is 0.286. The Bertz CT molecular complexity index is 876. The first-order valence-electron chi connectivity index (χ1n) is 8.80. The van der Waals surface area contributed by atoms with Crippen molar-refractivity contribution in [1.82, 2.24) is 9.88 Å². The summed E-state index contributed by atoms with van der Waals surface area (Å²) >= 11 is 5.95. The molecule has 1 aliphatic heterocycles. The maximum atomic E-state index is 12.8. The molecule has 1 N–H and O–H groups in total. The minimum atomic E-state index is 0.146. The van der Waals surface area contributed by atoms with E-state index in [4.69, 9.17) is 11.6 Å². The number of rotatable bonds is 3. The Morgan fingerprint density at radius 3 is 2.60 bits per heavy atom. The molecule has 0 saturated carbocycles. The first-order chi connectivity index (χ1) is 12.2. The van der Waals surface area contributed by atoms with Gasteiger partial charge in [0.15, 0.2) is 0 Å². The van der Waals surface area contributed by atoms with Gasteiger partial charge >= 0.3 is 0 Å². The van der Waals surface area contributed by atoms with Gasteiger partial charge in [0.1, 0.15) is 0 Å². The molecule has 2 aromatic carbocycles. The number of halogens is 1. The molecule has 3 nitrogen and oxygen atoms in total. The van der Waals surface area contributed by atoms with Crippen LogP contribution in [0.5, 0.6) is 0 Å². The average molecular weight is 353 g/mol. The number of carbonyl (C=O) groups is 1. The number of hydrogen-bond acceptors (Lipinski definition) is 1. The lowest BCUT2D eigenvalue weighted by molar-refractivity contribution is 0.0690. The molecule has 25 heavy (non-hydrogen) atoms. The smallest absolute Gasteiger partial charge is 0.253 e. The minimum absolute atomic E-state index is 0.146. The molecule has 0 spiro atoms. The van der Waals surface area contributed by atoms with Crippen molar-refractivity contribution in [2.75, 3.05) is 13.1 Å². The van der Waals surface area contributed by atoms with E-state index >= 15 is 0 Å². The van der Waals surface area contributed by atoms with Crippen molar-refractivity contribution in [3.8, 4) is 0 Å². The molecule has 2 heterocycles. The van der Waals surface area contributed by atoms with Gasteiger partial charge in [-0.15, -0.1) is 0 Å². The van der Waals surface area contributed by atoms with Crippen molar-refractivity contribution >= 4 is 28.4 Å². The summed E-state index contributed by atoms with van der Waals surface area (Å²) in [6, 6.07) is 16.0. The monoisotopic (exact) mass is 352 g/mol. The minimum Gasteiger partial charge on any atom is -0.361 e. The first kappa shape index (κ1) is 16.2. The molecule has 1 aliphatic rings. The summed E-state index contributed by atoms with van der Waals surface area (Å²) in [5.41, 5.74) is 3.17. The van der Waals surface area contributed by atoms with Crippen LogP contribution in [0.25, 0.3) is 10.9 Å². The van der Waals surface area contributed by atoms with Crippen LogP contribution in [0, 0.1) is 5.92 Å². The van der Waals surface area contributed by atoms with Gasteiger partial charge in [-0.25, -0.2) is 0 Å². The third-order valence-corrected chi connectivity index (χ3v) is 5.39. The summed E-state index contributed by atoms with van der Waals surface area (Å²) in [7, 11) is 0. The van der Waals surface area contributed by atoms with Crippen LogP contribution in [0.1, 0.15) is 28.8 Å². The summed E-state index contributed by atoms with van der Waals surface area (Å²) in [5.74, 6) is 0.783. The Kier molecular flexibility index (Phi) is 4.50. The van der Waals surface area contributed by atoms with E-state index in [0.717, 1.165) is 53.8 Å².